The zero-order valence-corrected chi connectivity index (χ0v) is 19.3. The van der Waals surface area contributed by atoms with Crippen molar-refractivity contribution in [2.45, 2.75) is 31.6 Å². The number of ether oxygens (including phenoxy) is 1. The molecule has 33 heavy (non-hydrogen) atoms. The van der Waals surface area contributed by atoms with E-state index in [0.29, 0.717) is 36.4 Å². The molecule has 2 amide bonds. The number of para-hydroxylation sites is 1. The fourth-order valence-corrected chi connectivity index (χ4v) is 4.30. The lowest BCUT2D eigenvalue weighted by atomic mass is 10.0. The highest BCUT2D eigenvalue weighted by Gasteiger charge is 2.26. The Morgan fingerprint density at radius 1 is 1.18 bits per heavy atom. The Bertz CT molecular complexity index is 1140. The average molecular weight is 464 g/mol. The van der Waals surface area contributed by atoms with Crippen molar-refractivity contribution in [2.75, 3.05) is 18.9 Å². The maximum Gasteiger partial charge on any atom is 0.260 e. The zero-order chi connectivity index (χ0) is 23.2. The standard InChI is InChI=1S/C24H25N5O3S/c1-3-32-20-10-6-5-8-17(20)21(30)28-24-26-14-16-15-29(13-11-19(16)27-24)23(31)18-9-7-12-25-22(18)33-4-2/h5-10,12,14-15,24H,3-4,11,13H2,1-2H3,(H,28,30). The molecule has 1 N–H and O–H groups in total. The van der Waals surface area contributed by atoms with Crippen LogP contribution in [0.15, 0.2) is 69.4 Å². The van der Waals surface area contributed by atoms with Crippen LogP contribution in [0.4, 0.5) is 0 Å². The number of benzene rings is 1. The Kier molecular flexibility index (Phi) is 7.19. The first-order valence-corrected chi connectivity index (χ1v) is 11.8. The van der Waals surface area contributed by atoms with E-state index in [1.54, 1.807) is 65.6 Å². The van der Waals surface area contributed by atoms with Gasteiger partial charge >= 0.3 is 0 Å². The molecule has 0 bridgehead atoms. The molecular formula is C24H25N5O3S. The fraction of sp³-hybridized carbons (Fsp3) is 0.292. The Labute approximate surface area is 196 Å². The van der Waals surface area contributed by atoms with Gasteiger partial charge in [-0.3, -0.25) is 9.59 Å². The van der Waals surface area contributed by atoms with Crippen LogP contribution < -0.4 is 10.1 Å². The molecule has 2 aliphatic heterocycles. The molecule has 0 saturated heterocycles. The van der Waals surface area contributed by atoms with Gasteiger partial charge in [0.15, 0.2) is 0 Å². The SMILES string of the molecule is CCOc1ccccc1C(=O)NC1N=CC2=CN(C(=O)c3cccnc3SCC)CCC2=N1. The van der Waals surface area contributed by atoms with Gasteiger partial charge in [-0.25, -0.2) is 15.0 Å². The quantitative estimate of drug-likeness (QED) is 0.634. The van der Waals surface area contributed by atoms with E-state index in [1.165, 1.54) is 0 Å². The van der Waals surface area contributed by atoms with Gasteiger partial charge in [-0.15, -0.1) is 11.8 Å². The second kappa shape index (κ2) is 10.4. The predicted octanol–water partition coefficient (Wildman–Crippen LogP) is 3.56. The zero-order valence-electron chi connectivity index (χ0n) is 18.5. The van der Waals surface area contributed by atoms with Crippen LogP contribution in [0.2, 0.25) is 0 Å². The maximum absolute atomic E-state index is 13.1. The third-order valence-corrected chi connectivity index (χ3v) is 5.97. The smallest absolute Gasteiger partial charge is 0.260 e. The van der Waals surface area contributed by atoms with Gasteiger partial charge in [0.1, 0.15) is 10.8 Å². The summed E-state index contributed by atoms with van der Waals surface area (Å²) in [6, 6.07) is 10.6. The van der Waals surface area contributed by atoms with E-state index < -0.39 is 6.29 Å². The minimum atomic E-state index is -0.715. The lowest BCUT2D eigenvalue weighted by Crippen LogP contribution is -2.39. The third kappa shape index (κ3) is 5.14. The molecule has 2 aliphatic rings. The number of carbonyl (C=O) groups is 2. The van der Waals surface area contributed by atoms with Gasteiger partial charge in [-0.05, 0) is 36.9 Å². The molecule has 1 aromatic heterocycles. The van der Waals surface area contributed by atoms with E-state index in [4.69, 9.17) is 4.74 Å². The van der Waals surface area contributed by atoms with Gasteiger partial charge in [0.2, 0.25) is 6.29 Å². The number of aliphatic imine (C=N–C) groups is 2. The van der Waals surface area contributed by atoms with Crippen LogP contribution in [0.3, 0.4) is 0 Å². The maximum atomic E-state index is 13.1. The van der Waals surface area contributed by atoms with E-state index in [2.05, 4.69) is 20.3 Å². The van der Waals surface area contributed by atoms with Crippen molar-refractivity contribution >= 4 is 35.5 Å². The summed E-state index contributed by atoms with van der Waals surface area (Å²) >= 11 is 1.55. The van der Waals surface area contributed by atoms with Crippen molar-refractivity contribution in [1.82, 2.24) is 15.2 Å². The van der Waals surface area contributed by atoms with Crippen LogP contribution in [0.5, 0.6) is 5.75 Å². The summed E-state index contributed by atoms with van der Waals surface area (Å²) in [6.45, 7) is 4.86. The van der Waals surface area contributed by atoms with Crippen LogP contribution in [-0.4, -0.2) is 58.8 Å². The van der Waals surface area contributed by atoms with E-state index in [0.717, 1.165) is 22.1 Å². The summed E-state index contributed by atoms with van der Waals surface area (Å²) in [5.41, 5.74) is 2.61. The molecule has 0 aliphatic carbocycles. The lowest BCUT2D eigenvalue weighted by molar-refractivity contribution is 0.0818. The summed E-state index contributed by atoms with van der Waals surface area (Å²) in [5, 5.41) is 3.56. The number of rotatable bonds is 7. The van der Waals surface area contributed by atoms with Crippen LogP contribution in [0.25, 0.3) is 0 Å². The van der Waals surface area contributed by atoms with Crippen LogP contribution in [0.1, 0.15) is 41.0 Å². The number of carbonyl (C=O) groups excluding carboxylic acids is 2. The molecular weight excluding hydrogens is 438 g/mol. The van der Waals surface area contributed by atoms with Crippen LogP contribution >= 0.6 is 11.8 Å². The number of allylic oxidation sites excluding steroid dienone is 1. The van der Waals surface area contributed by atoms with Gasteiger partial charge in [-0.2, -0.15) is 0 Å². The predicted molar refractivity (Wildman–Crippen MR) is 129 cm³/mol. The molecule has 0 radical (unpaired) electrons. The molecule has 0 saturated carbocycles. The topological polar surface area (TPSA) is 96.2 Å². The molecule has 2 aromatic rings. The highest BCUT2D eigenvalue weighted by Crippen LogP contribution is 2.24. The Balaban J connectivity index is 1.47. The van der Waals surface area contributed by atoms with E-state index in [9.17, 15) is 9.59 Å². The second-order valence-corrected chi connectivity index (χ2v) is 8.51. The van der Waals surface area contributed by atoms with Gasteiger partial charge in [0.05, 0.1) is 23.4 Å². The molecule has 3 heterocycles. The number of aromatic nitrogens is 1. The molecule has 0 fully saturated rings. The molecule has 1 unspecified atom stereocenters. The number of nitrogens with zero attached hydrogens (tertiary/aromatic N) is 4. The molecule has 170 valence electrons. The Hall–Kier alpha value is -3.46. The number of thioether (sulfide) groups is 1. The van der Waals surface area contributed by atoms with Gasteiger partial charge in [0.25, 0.3) is 11.8 Å². The fourth-order valence-electron chi connectivity index (χ4n) is 3.58. The molecule has 1 atom stereocenters. The monoisotopic (exact) mass is 463 g/mol. The highest BCUT2D eigenvalue weighted by molar-refractivity contribution is 7.99. The highest BCUT2D eigenvalue weighted by atomic mass is 32.2. The summed E-state index contributed by atoms with van der Waals surface area (Å²) in [7, 11) is 0. The van der Waals surface area contributed by atoms with Gasteiger partial charge in [0, 0.05) is 37.2 Å². The number of fused-ring (bicyclic) bond motifs is 1. The first-order chi connectivity index (χ1) is 16.1. The summed E-state index contributed by atoms with van der Waals surface area (Å²) in [4.78, 5) is 40.8. The largest absolute Gasteiger partial charge is 0.493 e. The Morgan fingerprint density at radius 2 is 2.00 bits per heavy atom. The van der Waals surface area contributed by atoms with Crippen molar-refractivity contribution in [3.63, 3.8) is 0 Å². The molecule has 0 spiro atoms. The summed E-state index contributed by atoms with van der Waals surface area (Å²) in [5.74, 6) is 0.961. The number of nitrogens with one attached hydrogen (secondary N) is 1. The normalized spacial score (nSPS) is 17.0. The van der Waals surface area contributed by atoms with Crippen molar-refractivity contribution < 1.29 is 14.3 Å². The van der Waals surface area contributed by atoms with E-state index in [1.807, 2.05) is 19.9 Å². The molecule has 4 rings (SSSR count). The van der Waals surface area contributed by atoms with E-state index in [-0.39, 0.29) is 11.8 Å². The van der Waals surface area contributed by atoms with Crippen molar-refractivity contribution in [3.05, 3.63) is 65.5 Å². The number of hydrogen-bond donors (Lipinski definition) is 1. The average Bonchev–Trinajstić information content (AvgIpc) is 2.84. The van der Waals surface area contributed by atoms with Gasteiger partial charge < -0.3 is 15.0 Å². The number of hydrogen-bond acceptors (Lipinski definition) is 7. The van der Waals surface area contributed by atoms with Gasteiger partial charge in [-0.1, -0.05) is 19.1 Å². The van der Waals surface area contributed by atoms with E-state index >= 15 is 0 Å². The molecule has 8 nitrogen and oxygen atoms in total. The minimum Gasteiger partial charge on any atom is -0.493 e. The van der Waals surface area contributed by atoms with Crippen LogP contribution in [-0.2, 0) is 0 Å². The van der Waals surface area contributed by atoms with Crippen molar-refractivity contribution in [1.29, 1.82) is 0 Å². The summed E-state index contributed by atoms with van der Waals surface area (Å²) < 4.78 is 5.54. The molecule has 1 aromatic carbocycles. The number of amides is 2. The third-order valence-electron chi connectivity index (χ3n) is 5.09. The first-order valence-electron chi connectivity index (χ1n) is 10.8. The molecule has 9 heteroatoms. The summed E-state index contributed by atoms with van der Waals surface area (Å²) in [6.07, 6.45) is 4.98. The lowest BCUT2D eigenvalue weighted by Gasteiger charge is -2.28. The Morgan fingerprint density at radius 3 is 2.82 bits per heavy atom. The van der Waals surface area contributed by atoms with Crippen LogP contribution in [0, 0.1) is 0 Å². The minimum absolute atomic E-state index is 0.0954. The number of pyridine rings is 1. The van der Waals surface area contributed by atoms with Crippen molar-refractivity contribution in [2.24, 2.45) is 9.98 Å². The van der Waals surface area contributed by atoms with Crippen molar-refractivity contribution in [3.8, 4) is 5.75 Å². The first kappa shape index (κ1) is 22.7. The second-order valence-electron chi connectivity index (χ2n) is 7.25.